The van der Waals surface area contributed by atoms with Gasteiger partial charge in [0.2, 0.25) is 0 Å². The van der Waals surface area contributed by atoms with Gasteiger partial charge in [-0.1, -0.05) is 41.4 Å². The molecule has 0 aliphatic rings. The number of hydrogen-bond donors (Lipinski definition) is 1. The van der Waals surface area contributed by atoms with Gasteiger partial charge >= 0.3 is 0 Å². The van der Waals surface area contributed by atoms with Gasteiger partial charge in [0.25, 0.3) is 5.91 Å². The number of rotatable bonds is 9. The molecule has 0 atom stereocenters. The third-order valence-corrected chi connectivity index (χ3v) is 6.40. The smallest absolute Gasteiger partial charge is 0.255 e. The predicted molar refractivity (Wildman–Crippen MR) is 144 cm³/mol. The van der Waals surface area contributed by atoms with E-state index in [2.05, 4.69) is 10.4 Å². The van der Waals surface area contributed by atoms with Crippen molar-refractivity contribution in [1.29, 1.82) is 0 Å². The number of halogens is 2. The summed E-state index contributed by atoms with van der Waals surface area (Å²) in [6, 6.07) is 20.3. The summed E-state index contributed by atoms with van der Waals surface area (Å²) in [5.74, 6) is 1.32. The van der Waals surface area contributed by atoms with Crippen LogP contribution < -0.4 is 14.8 Å². The molecular formula is C28H27Cl2N3O3. The van der Waals surface area contributed by atoms with E-state index in [-0.39, 0.29) is 5.91 Å². The van der Waals surface area contributed by atoms with Crippen molar-refractivity contribution < 1.29 is 14.3 Å². The van der Waals surface area contributed by atoms with Crippen LogP contribution >= 0.6 is 23.2 Å². The van der Waals surface area contributed by atoms with E-state index in [0.717, 1.165) is 34.0 Å². The number of hydrogen-bond acceptors (Lipinski definition) is 4. The summed E-state index contributed by atoms with van der Waals surface area (Å²) >= 11 is 12.2. The normalized spacial score (nSPS) is 10.8. The average molecular weight is 524 g/mol. The highest BCUT2D eigenvalue weighted by molar-refractivity contribution is 6.42. The van der Waals surface area contributed by atoms with Crippen molar-refractivity contribution in [3.8, 4) is 11.5 Å². The Labute approximate surface area is 220 Å². The van der Waals surface area contributed by atoms with Gasteiger partial charge in [-0.25, -0.2) is 0 Å². The monoisotopic (exact) mass is 523 g/mol. The molecule has 0 radical (unpaired) electrons. The van der Waals surface area contributed by atoms with Crippen molar-refractivity contribution in [2.45, 2.75) is 33.9 Å². The van der Waals surface area contributed by atoms with Crippen molar-refractivity contribution in [3.63, 3.8) is 0 Å². The lowest BCUT2D eigenvalue weighted by Gasteiger charge is -2.10. The largest absolute Gasteiger partial charge is 0.494 e. The lowest BCUT2D eigenvalue weighted by atomic mass is 10.1. The summed E-state index contributed by atoms with van der Waals surface area (Å²) in [5, 5.41) is 8.62. The van der Waals surface area contributed by atoms with Gasteiger partial charge in [0.1, 0.15) is 18.1 Å². The van der Waals surface area contributed by atoms with Crippen molar-refractivity contribution in [3.05, 3.63) is 105 Å². The van der Waals surface area contributed by atoms with Crippen molar-refractivity contribution in [2.24, 2.45) is 0 Å². The first kappa shape index (κ1) is 25.6. The molecule has 3 aromatic carbocycles. The zero-order chi connectivity index (χ0) is 25.7. The van der Waals surface area contributed by atoms with Crippen LogP contribution in [0, 0.1) is 13.8 Å². The van der Waals surface area contributed by atoms with E-state index in [9.17, 15) is 4.79 Å². The standard InChI is InChI=1S/C28H27Cl2N3O3/c1-4-35-23-9-11-24(12-10-23)36-17-21-6-5-7-22(14-21)28(34)31-27-18(2)32-33(19(27)3)16-20-8-13-25(29)26(30)15-20/h5-15H,4,16-17H2,1-3H3,(H,31,34). The third-order valence-electron chi connectivity index (χ3n) is 5.67. The zero-order valence-electron chi connectivity index (χ0n) is 20.3. The molecule has 6 nitrogen and oxygen atoms in total. The van der Waals surface area contributed by atoms with Crippen LogP contribution in [0.1, 0.15) is 39.8 Å². The zero-order valence-corrected chi connectivity index (χ0v) is 21.9. The summed E-state index contributed by atoms with van der Waals surface area (Å²) in [5.41, 5.74) is 4.67. The Bertz CT molecular complexity index is 1370. The van der Waals surface area contributed by atoms with Crippen LogP contribution in [0.2, 0.25) is 10.0 Å². The summed E-state index contributed by atoms with van der Waals surface area (Å²) < 4.78 is 13.2. The van der Waals surface area contributed by atoms with Gasteiger partial charge in [0.15, 0.2) is 0 Å². The average Bonchev–Trinajstić information content (AvgIpc) is 3.13. The predicted octanol–water partition coefficient (Wildman–Crippen LogP) is 7.09. The molecule has 1 amide bonds. The highest BCUT2D eigenvalue weighted by atomic mass is 35.5. The van der Waals surface area contributed by atoms with E-state index in [4.69, 9.17) is 32.7 Å². The van der Waals surface area contributed by atoms with Gasteiger partial charge in [-0.05, 0) is 80.4 Å². The van der Waals surface area contributed by atoms with Gasteiger partial charge < -0.3 is 14.8 Å². The van der Waals surface area contributed by atoms with Crippen LogP contribution in [0.25, 0.3) is 0 Å². The number of carbonyl (C=O) groups is 1. The van der Waals surface area contributed by atoms with Crippen LogP contribution in [-0.2, 0) is 13.2 Å². The van der Waals surface area contributed by atoms with Gasteiger partial charge in [-0.2, -0.15) is 5.10 Å². The number of nitrogens with zero attached hydrogens (tertiary/aromatic N) is 2. The quantitative estimate of drug-likeness (QED) is 0.254. The summed E-state index contributed by atoms with van der Waals surface area (Å²) in [6.07, 6.45) is 0. The Hall–Kier alpha value is -3.48. The Balaban J connectivity index is 1.42. The second-order valence-corrected chi connectivity index (χ2v) is 9.11. The van der Waals surface area contributed by atoms with E-state index in [1.54, 1.807) is 12.1 Å². The molecule has 0 bridgehead atoms. The molecule has 0 fully saturated rings. The fraction of sp³-hybridized carbons (Fsp3) is 0.214. The maximum absolute atomic E-state index is 13.1. The molecule has 186 valence electrons. The van der Waals surface area contributed by atoms with E-state index >= 15 is 0 Å². The fourth-order valence-corrected chi connectivity index (χ4v) is 4.12. The number of benzene rings is 3. The first-order chi connectivity index (χ1) is 17.3. The summed E-state index contributed by atoms with van der Waals surface area (Å²) in [4.78, 5) is 13.1. The van der Waals surface area contributed by atoms with E-state index in [1.807, 2.05) is 80.1 Å². The fourth-order valence-electron chi connectivity index (χ4n) is 3.80. The molecule has 36 heavy (non-hydrogen) atoms. The van der Waals surface area contributed by atoms with Crippen LogP contribution in [0.3, 0.4) is 0 Å². The number of amides is 1. The lowest BCUT2D eigenvalue weighted by molar-refractivity contribution is 0.102. The van der Waals surface area contributed by atoms with Crippen LogP contribution in [0.4, 0.5) is 5.69 Å². The Morgan fingerprint density at radius 3 is 2.33 bits per heavy atom. The number of aryl methyl sites for hydroxylation is 1. The molecule has 1 aromatic heterocycles. The topological polar surface area (TPSA) is 65.4 Å². The Kier molecular flexibility index (Phi) is 8.18. The molecule has 4 aromatic rings. The molecule has 4 rings (SSSR count). The van der Waals surface area contributed by atoms with Crippen LogP contribution in [-0.4, -0.2) is 22.3 Å². The SMILES string of the molecule is CCOc1ccc(OCc2cccc(C(=O)Nc3c(C)nn(Cc4ccc(Cl)c(Cl)c4)c3C)c2)cc1. The molecule has 0 saturated carbocycles. The summed E-state index contributed by atoms with van der Waals surface area (Å²) in [7, 11) is 0. The molecule has 0 spiro atoms. The third kappa shape index (κ3) is 6.20. The molecule has 1 N–H and O–H groups in total. The second-order valence-electron chi connectivity index (χ2n) is 8.30. The van der Waals surface area contributed by atoms with E-state index < -0.39 is 0 Å². The first-order valence-corrected chi connectivity index (χ1v) is 12.3. The number of nitrogens with one attached hydrogen (secondary N) is 1. The molecule has 1 heterocycles. The van der Waals surface area contributed by atoms with Gasteiger partial charge in [-0.3, -0.25) is 9.48 Å². The maximum atomic E-state index is 13.1. The Morgan fingerprint density at radius 2 is 1.64 bits per heavy atom. The van der Waals surface area contributed by atoms with Crippen molar-refractivity contribution in [1.82, 2.24) is 9.78 Å². The molecule has 0 aliphatic carbocycles. The molecule has 0 aliphatic heterocycles. The van der Waals surface area contributed by atoms with Gasteiger partial charge in [0, 0.05) is 5.56 Å². The first-order valence-electron chi connectivity index (χ1n) is 11.6. The van der Waals surface area contributed by atoms with Crippen LogP contribution in [0.5, 0.6) is 11.5 Å². The highest BCUT2D eigenvalue weighted by Crippen LogP contribution is 2.25. The minimum Gasteiger partial charge on any atom is -0.494 e. The second kappa shape index (κ2) is 11.5. The van der Waals surface area contributed by atoms with Gasteiger partial charge in [-0.15, -0.1) is 0 Å². The summed E-state index contributed by atoms with van der Waals surface area (Å²) in [6.45, 7) is 7.21. The lowest BCUT2D eigenvalue weighted by Crippen LogP contribution is -2.14. The van der Waals surface area contributed by atoms with Crippen molar-refractivity contribution >= 4 is 34.8 Å². The molecule has 8 heteroatoms. The molecular weight excluding hydrogens is 497 g/mol. The Morgan fingerprint density at radius 1 is 0.917 bits per heavy atom. The van der Waals surface area contributed by atoms with E-state index in [0.29, 0.717) is 41.1 Å². The van der Waals surface area contributed by atoms with E-state index in [1.165, 1.54) is 0 Å². The van der Waals surface area contributed by atoms with Crippen molar-refractivity contribution in [2.75, 3.05) is 11.9 Å². The van der Waals surface area contributed by atoms with Crippen LogP contribution in [0.15, 0.2) is 66.7 Å². The minimum atomic E-state index is -0.210. The number of ether oxygens (including phenoxy) is 2. The number of anilines is 1. The maximum Gasteiger partial charge on any atom is 0.255 e. The van der Waals surface area contributed by atoms with Gasteiger partial charge in [0.05, 0.1) is 40.3 Å². The minimum absolute atomic E-state index is 0.210. The molecule has 0 unspecified atom stereocenters. The number of aromatic nitrogens is 2. The number of carbonyl (C=O) groups excluding carboxylic acids is 1. The highest BCUT2D eigenvalue weighted by Gasteiger charge is 2.16. The molecule has 0 saturated heterocycles.